The number of hydrogen-bond acceptors (Lipinski definition) is 4. The van der Waals surface area contributed by atoms with Crippen molar-refractivity contribution in [3.8, 4) is 6.07 Å². The Morgan fingerprint density at radius 3 is 2.42 bits per heavy atom. The van der Waals surface area contributed by atoms with Gasteiger partial charge in [-0.25, -0.2) is 0 Å². The molecule has 2 amide bonds. The maximum Gasteiger partial charge on any atom is 0.262 e. The Balaban J connectivity index is 2.00. The van der Waals surface area contributed by atoms with Gasteiger partial charge in [0.15, 0.2) is 0 Å². The highest BCUT2D eigenvalue weighted by molar-refractivity contribution is 8.05. The lowest BCUT2D eigenvalue weighted by molar-refractivity contribution is -0.117. The van der Waals surface area contributed by atoms with Crippen LogP contribution in [0.3, 0.4) is 0 Å². The topological polar surface area (TPSA) is 87.2 Å². The fraction of sp³-hybridized carbons (Fsp3) is 0.105. The van der Waals surface area contributed by atoms with Crippen molar-refractivity contribution in [2.75, 3.05) is 4.90 Å². The van der Waals surface area contributed by atoms with Gasteiger partial charge in [0, 0.05) is 10.7 Å². The molecule has 0 spiro atoms. The average molecular weight is 384 g/mol. The number of primary amides is 1. The summed E-state index contributed by atoms with van der Waals surface area (Å²) in [5.74, 6) is -1.05. The number of thioether (sulfide) groups is 1. The molecule has 0 aromatic heterocycles. The van der Waals surface area contributed by atoms with E-state index in [1.54, 1.807) is 36.4 Å². The molecular formula is C19H14ClN3O2S. The molecule has 0 saturated carbocycles. The molecule has 1 aliphatic rings. The number of hydrogen-bond donors (Lipinski definition) is 1. The lowest BCUT2D eigenvalue weighted by Gasteiger charge is -2.18. The van der Waals surface area contributed by atoms with Crippen molar-refractivity contribution in [2.45, 2.75) is 11.7 Å². The van der Waals surface area contributed by atoms with Crippen LogP contribution in [0.4, 0.5) is 5.69 Å². The molecule has 7 heteroatoms. The zero-order valence-electron chi connectivity index (χ0n) is 13.6. The number of anilines is 1. The number of carbonyl (C=O) groups is 2. The molecule has 1 atom stereocenters. The molecule has 1 saturated heterocycles. The average Bonchev–Trinajstić information content (AvgIpc) is 2.94. The van der Waals surface area contributed by atoms with Crippen molar-refractivity contribution in [3.05, 3.63) is 75.8 Å². The molecule has 2 aromatic rings. The molecule has 1 aliphatic heterocycles. The Morgan fingerprint density at radius 2 is 1.85 bits per heavy atom. The Labute approximate surface area is 160 Å². The third-order valence-corrected chi connectivity index (χ3v) is 5.39. The number of halogens is 1. The van der Waals surface area contributed by atoms with Crippen LogP contribution < -0.4 is 10.6 Å². The maximum atomic E-state index is 13.0. The minimum Gasteiger partial charge on any atom is -0.365 e. The summed E-state index contributed by atoms with van der Waals surface area (Å²) in [6.07, 6.45) is 0.449. The monoisotopic (exact) mass is 383 g/mol. The highest BCUT2D eigenvalue weighted by atomic mass is 35.5. The van der Waals surface area contributed by atoms with Crippen LogP contribution in [-0.2, 0) is 16.0 Å². The number of para-hydroxylation sites is 1. The van der Waals surface area contributed by atoms with Crippen LogP contribution in [-0.4, -0.2) is 17.1 Å². The Hall–Kier alpha value is -2.75. The van der Waals surface area contributed by atoms with Gasteiger partial charge in [-0.1, -0.05) is 53.7 Å². The minimum atomic E-state index is -0.851. The van der Waals surface area contributed by atoms with E-state index in [0.29, 0.717) is 17.1 Å². The number of nitrogens with zero attached hydrogens (tertiary/aromatic N) is 2. The first-order valence-corrected chi connectivity index (χ1v) is 9.01. The molecular weight excluding hydrogens is 370 g/mol. The van der Waals surface area contributed by atoms with E-state index in [1.165, 1.54) is 16.7 Å². The summed E-state index contributed by atoms with van der Waals surface area (Å²) in [6.45, 7) is 0. The molecule has 2 N–H and O–H groups in total. The fourth-order valence-electron chi connectivity index (χ4n) is 2.65. The minimum absolute atomic E-state index is 0.194. The number of nitriles is 1. The van der Waals surface area contributed by atoms with E-state index in [4.69, 9.17) is 17.3 Å². The first kappa shape index (κ1) is 18.1. The summed E-state index contributed by atoms with van der Waals surface area (Å²) in [6, 6.07) is 17.9. The summed E-state index contributed by atoms with van der Waals surface area (Å²) in [5, 5.41) is 9.77. The molecule has 3 rings (SSSR count). The van der Waals surface area contributed by atoms with Crippen LogP contribution in [0.2, 0.25) is 5.02 Å². The van der Waals surface area contributed by atoms with Crippen molar-refractivity contribution >= 4 is 40.9 Å². The lowest BCUT2D eigenvalue weighted by Crippen LogP contribution is -2.30. The van der Waals surface area contributed by atoms with Gasteiger partial charge >= 0.3 is 0 Å². The third-order valence-electron chi connectivity index (χ3n) is 3.87. The second kappa shape index (κ2) is 7.65. The van der Waals surface area contributed by atoms with Crippen molar-refractivity contribution in [1.29, 1.82) is 5.26 Å². The van der Waals surface area contributed by atoms with E-state index in [2.05, 4.69) is 0 Å². The van der Waals surface area contributed by atoms with E-state index < -0.39 is 11.2 Å². The second-order valence-electron chi connectivity index (χ2n) is 5.60. The molecule has 26 heavy (non-hydrogen) atoms. The smallest absolute Gasteiger partial charge is 0.262 e. The number of amides is 2. The Bertz CT molecular complexity index is 920. The van der Waals surface area contributed by atoms with Crippen molar-refractivity contribution in [2.24, 2.45) is 5.73 Å². The van der Waals surface area contributed by atoms with E-state index in [9.17, 15) is 14.9 Å². The molecule has 5 nitrogen and oxygen atoms in total. The van der Waals surface area contributed by atoms with Crippen LogP contribution in [0, 0.1) is 11.3 Å². The maximum absolute atomic E-state index is 13.0. The third kappa shape index (κ3) is 3.59. The predicted octanol–water partition coefficient (Wildman–Crippen LogP) is 3.25. The molecule has 1 fully saturated rings. The molecule has 0 radical (unpaired) electrons. The summed E-state index contributed by atoms with van der Waals surface area (Å²) in [5.41, 5.74) is 6.65. The standard InChI is InChI=1S/C19H14ClN3O2S/c20-13-8-6-12(7-9-13)10-16-18(25)23(14-4-2-1-3-5-14)19(26-16)15(11-21)17(22)24/h1-9,16H,10H2,(H2,22,24)/b19-15-/t16-/m0/s1. The fourth-order valence-corrected chi connectivity index (χ4v) is 4.09. The summed E-state index contributed by atoms with van der Waals surface area (Å²) in [4.78, 5) is 26.1. The molecule has 130 valence electrons. The zero-order chi connectivity index (χ0) is 18.7. The van der Waals surface area contributed by atoms with Gasteiger partial charge in [-0.05, 0) is 36.2 Å². The SMILES string of the molecule is N#C/C(C(N)=O)=C1/S[C@@H](Cc2ccc(Cl)cc2)C(=O)N1c1ccccc1. The highest BCUT2D eigenvalue weighted by Crippen LogP contribution is 2.41. The number of carbonyl (C=O) groups excluding carboxylic acids is 2. The van der Waals surface area contributed by atoms with Crippen LogP contribution in [0.1, 0.15) is 5.56 Å². The quantitative estimate of drug-likeness (QED) is 0.648. The summed E-state index contributed by atoms with van der Waals surface area (Å²) in [7, 11) is 0. The molecule has 0 bridgehead atoms. The number of rotatable bonds is 4. The van der Waals surface area contributed by atoms with Gasteiger partial charge in [0.2, 0.25) is 5.91 Å². The second-order valence-corrected chi connectivity index (χ2v) is 7.23. The van der Waals surface area contributed by atoms with Crippen LogP contribution in [0.5, 0.6) is 0 Å². The number of nitrogens with two attached hydrogens (primary N) is 1. The Kier molecular flexibility index (Phi) is 5.31. The van der Waals surface area contributed by atoms with Crippen molar-refractivity contribution in [1.82, 2.24) is 0 Å². The van der Waals surface area contributed by atoms with Gasteiger partial charge < -0.3 is 5.73 Å². The van der Waals surface area contributed by atoms with E-state index in [1.807, 2.05) is 24.3 Å². The van der Waals surface area contributed by atoms with E-state index in [0.717, 1.165) is 5.56 Å². The van der Waals surface area contributed by atoms with Crippen molar-refractivity contribution < 1.29 is 9.59 Å². The first-order chi connectivity index (χ1) is 12.5. The largest absolute Gasteiger partial charge is 0.365 e. The van der Waals surface area contributed by atoms with Gasteiger partial charge in [0.05, 0.1) is 5.25 Å². The molecule has 1 heterocycles. The van der Waals surface area contributed by atoms with Crippen molar-refractivity contribution in [3.63, 3.8) is 0 Å². The van der Waals surface area contributed by atoms with Crippen LogP contribution >= 0.6 is 23.4 Å². The molecule has 0 aliphatic carbocycles. The highest BCUT2D eigenvalue weighted by Gasteiger charge is 2.40. The van der Waals surface area contributed by atoms with E-state index in [-0.39, 0.29) is 16.5 Å². The predicted molar refractivity (Wildman–Crippen MR) is 102 cm³/mol. The normalized spacial score (nSPS) is 18.5. The molecule has 0 unspecified atom stereocenters. The van der Waals surface area contributed by atoms with Gasteiger partial charge in [-0.15, -0.1) is 0 Å². The van der Waals surface area contributed by atoms with Gasteiger partial charge in [0.25, 0.3) is 5.91 Å². The molecule has 2 aromatic carbocycles. The van der Waals surface area contributed by atoms with Crippen LogP contribution in [0.25, 0.3) is 0 Å². The Morgan fingerprint density at radius 1 is 1.19 bits per heavy atom. The lowest BCUT2D eigenvalue weighted by atomic mass is 10.1. The first-order valence-electron chi connectivity index (χ1n) is 7.75. The zero-order valence-corrected chi connectivity index (χ0v) is 15.1. The van der Waals surface area contributed by atoms with Gasteiger partial charge in [-0.3, -0.25) is 14.5 Å². The summed E-state index contributed by atoms with van der Waals surface area (Å²) >= 11 is 7.08. The number of benzene rings is 2. The van der Waals surface area contributed by atoms with Gasteiger partial charge in [0.1, 0.15) is 16.7 Å². The van der Waals surface area contributed by atoms with E-state index >= 15 is 0 Å². The summed E-state index contributed by atoms with van der Waals surface area (Å²) < 4.78 is 0. The van der Waals surface area contributed by atoms with Crippen LogP contribution in [0.15, 0.2) is 65.2 Å². The van der Waals surface area contributed by atoms with Gasteiger partial charge in [-0.2, -0.15) is 5.26 Å².